The molecule has 1 aromatic carbocycles. The van der Waals surface area contributed by atoms with Crippen molar-refractivity contribution in [2.75, 3.05) is 0 Å². The van der Waals surface area contributed by atoms with Crippen LogP contribution in [0.3, 0.4) is 0 Å². The third kappa shape index (κ3) is 1.68. The molecule has 1 nitrogen and oxygen atoms in total. The summed E-state index contributed by atoms with van der Waals surface area (Å²) in [5.41, 5.74) is 1.71. The second-order valence-electron chi connectivity index (χ2n) is 2.18. The van der Waals surface area contributed by atoms with Crippen molar-refractivity contribution in [1.29, 1.82) is 5.26 Å². The van der Waals surface area contributed by atoms with Crippen molar-refractivity contribution in [3.8, 4) is 6.07 Å². The SMILES string of the molecule is C/C=C(\C#N)c1ccccc1. The van der Waals surface area contributed by atoms with Gasteiger partial charge in [0.1, 0.15) is 0 Å². The fourth-order valence-corrected chi connectivity index (χ4v) is 0.913. The normalized spacial score (nSPS) is 10.7. The second kappa shape index (κ2) is 3.58. The summed E-state index contributed by atoms with van der Waals surface area (Å²) in [4.78, 5) is 0. The number of nitriles is 1. The van der Waals surface area contributed by atoms with Gasteiger partial charge in [-0.25, -0.2) is 0 Å². The van der Waals surface area contributed by atoms with Crippen LogP contribution < -0.4 is 0 Å². The highest BCUT2D eigenvalue weighted by atomic mass is 14.2. The highest BCUT2D eigenvalue weighted by Crippen LogP contribution is 2.11. The van der Waals surface area contributed by atoms with Gasteiger partial charge in [0.2, 0.25) is 0 Å². The summed E-state index contributed by atoms with van der Waals surface area (Å²) in [6.07, 6.45) is 1.81. The lowest BCUT2D eigenvalue weighted by molar-refractivity contribution is 1.51. The van der Waals surface area contributed by atoms with Crippen molar-refractivity contribution in [3.63, 3.8) is 0 Å². The van der Waals surface area contributed by atoms with Gasteiger partial charge in [-0.3, -0.25) is 0 Å². The van der Waals surface area contributed by atoms with Crippen LogP contribution in [0.5, 0.6) is 0 Å². The number of nitrogens with zero attached hydrogens (tertiary/aromatic N) is 1. The minimum absolute atomic E-state index is 0.727. The van der Waals surface area contributed by atoms with E-state index in [2.05, 4.69) is 6.07 Å². The maximum atomic E-state index is 8.66. The molecule has 0 radical (unpaired) electrons. The molecule has 0 saturated heterocycles. The predicted octanol–water partition coefficient (Wildman–Crippen LogP) is 2.61. The van der Waals surface area contributed by atoms with Crippen molar-refractivity contribution in [2.24, 2.45) is 0 Å². The van der Waals surface area contributed by atoms with Crippen molar-refractivity contribution in [1.82, 2.24) is 0 Å². The van der Waals surface area contributed by atoms with Crippen LogP contribution in [0.25, 0.3) is 5.57 Å². The molecular weight excluding hydrogens is 134 g/mol. The standard InChI is InChI=1S/C10H9N/c1-2-9(8-11)10-6-4-3-5-7-10/h2-7H,1H3/b9-2+. The minimum Gasteiger partial charge on any atom is -0.192 e. The molecule has 0 atom stereocenters. The lowest BCUT2D eigenvalue weighted by Gasteiger charge is -1.94. The van der Waals surface area contributed by atoms with Gasteiger partial charge in [-0.1, -0.05) is 36.4 Å². The summed E-state index contributed by atoms with van der Waals surface area (Å²) in [5, 5.41) is 8.66. The zero-order valence-electron chi connectivity index (χ0n) is 6.41. The fourth-order valence-electron chi connectivity index (χ4n) is 0.913. The van der Waals surface area contributed by atoms with E-state index in [0.29, 0.717) is 0 Å². The number of benzene rings is 1. The monoisotopic (exact) mass is 143 g/mol. The predicted molar refractivity (Wildman–Crippen MR) is 45.7 cm³/mol. The summed E-state index contributed by atoms with van der Waals surface area (Å²) in [7, 11) is 0. The molecule has 0 saturated carbocycles. The molecule has 0 aromatic heterocycles. The first-order valence-electron chi connectivity index (χ1n) is 3.50. The molecule has 0 amide bonds. The van der Waals surface area contributed by atoms with Gasteiger partial charge in [-0.15, -0.1) is 0 Å². The molecular formula is C10H9N. The maximum absolute atomic E-state index is 8.66. The van der Waals surface area contributed by atoms with E-state index in [1.807, 2.05) is 43.3 Å². The molecule has 0 N–H and O–H groups in total. The van der Waals surface area contributed by atoms with E-state index in [4.69, 9.17) is 5.26 Å². The van der Waals surface area contributed by atoms with Crippen molar-refractivity contribution < 1.29 is 0 Å². The average Bonchev–Trinajstić information content (AvgIpc) is 2.09. The first-order chi connectivity index (χ1) is 5.38. The number of rotatable bonds is 1. The smallest absolute Gasteiger partial charge is 0.0994 e. The van der Waals surface area contributed by atoms with Crippen LogP contribution in [0.15, 0.2) is 36.4 Å². The quantitative estimate of drug-likeness (QED) is 0.554. The molecule has 1 rings (SSSR count). The lowest BCUT2D eigenvalue weighted by atomic mass is 10.1. The van der Waals surface area contributed by atoms with E-state index in [1.54, 1.807) is 0 Å². The van der Waals surface area contributed by atoms with Crippen molar-refractivity contribution in [3.05, 3.63) is 42.0 Å². The highest BCUT2D eigenvalue weighted by molar-refractivity contribution is 5.76. The summed E-state index contributed by atoms with van der Waals surface area (Å²) in [5.74, 6) is 0. The van der Waals surface area contributed by atoms with Gasteiger partial charge in [0.05, 0.1) is 11.6 Å². The van der Waals surface area contributed by atoms with E-state index in [0.717, 1.165) is 11.1 Å². The van der Waals surface area contributed by atoms with Crippen molar-refractivity contribution >= 4 is 5.57 Å². The van der Waals surface area contributed by atoms with E-state index < -0.39 is 0 Å². The van der Waals surface area contributed by atoms with Gasteiger partial charge in [-0.2, -0.15) is 5.26 Å². The van der Waals surface area contributed by atoms with E-state index >= 15 is 0 Å². The summed E-state index contributed by atoms with van der Waals surface area (Å²) < 4.78 is 0. The molecule has 0 heterocycles. The Bertz CT molecular complexity index is 290. The molecule has 0 spiro atoms. The molecule has 0 aliphatic carbocycles. The van der Waals surface area contributed by atoms with Gasteiger partial charge in [0.15, 0.2) is 0 Å². The number of hydrogen-bond donors (Lipinski definition) is 0. The topological polar surface area (TPSA) is 23.8 Å². The van der Waals surface area contributed by atoms with Gasteiger partial charge in [0, 0.05) is 0 Å². The molecule has 11 heavy (non-hydrogen) atoms. The largest absolute Gasteiger partial charge is 0.192 e. The van der Waals surface area contributed by atoms with Crippen LogP contribution in [0.2, 0.25) is 0 Å². The van der Waals surface area contributed by atoms with Crippen LogP contribution in [-0.4, -0.2) is 0 Å². The molecule has 1 heteroatoms. The van der Waals surface area contributed by atoms with E-state index in [-0.39, 0.29) is 0 Å². The van der Waals surface area contributed by atoms with Gasteiger partial charge < -0.3 is 0 Å². The molecule has 0 unspecified atom stereocenters. The molecule has 0 bridgehead atoms. The second-order valence-corrected chi connectivity index (χ2v) is 2.18. The van der Waals surface area contributed by atoms with E-state index in [9.17, 15) is 0 Å². The molecule has 0 aliphatic heterocycles. The third-order valence-electron chi connectivity index (χ3n) is 1.49. The summed E-state index contributed by atoms with van der Waals surface area (Å²) >= 11 is 0. The molecule has 1 aromatic rings. The molecule has 0 aliphatic rings. The Balaban J connectivity index is 3.05. The Morgan fingerprint density at radius 2 is 2.00 bits per heavy atom. The molecule has 54 valence electrons. The Labute approximate surface area is 66.6 Å². The van der Waals surface area contributed by atoms with E-state index in [1.165, 1.54) is 0 Å². The zero-order valence-corrected chi connectivity index (χ0v) is 6.41. The Kier molecular flexibility index (Phi) is 2.46. The summed E-state index contributed by atoms with van der Waals surface area (Å²) in [6.45, 7) is 1.87. The molecule has 0 fully saturated rings. The average molecular weight is 143 g/mol. The van der Waals surface area contributed by atoms with Gasteiger partial charge >= 0.3 is 0 Å². The minimum atomic E-state index is 0.727. The highest BCUT2D eigenvalue weighted by Gasteiger charge is 1.94. The van der Waals surface area contributed by atoms with Crippen LogP contribution in [0, 0.1) is 11.3 Å². The Morgan fingerprint density at radius 1 is 1.36 bits per heavy atom. The Hall–Kier alpha value is -1.55. The van der Waals surface area contributed by atoms with Crippen molar-refractivity contribution in [2.45, 2.75) is 6.92 Å². The number of hydrogen-bond acceptors (Lipinski definition) is 1. The van der Waals surface area contributed by atoms with Crippen LogP contribution >= 0.6 is 0 Å². The van der Waals surface area contributed by atoms with Crippen LogP contribution in [0.4, 0.5) is 0 Å². The van der Waals surface area contributed by atoms with Crippen LogP contribution in [-0.2, 0) is 0 Å². The summed E-state index contributed by atoms with van der Waals surface area (Å²) in [6, 6.07) is 11.8. The van der Waals surface area contributed by atoms with Crippen LogP contribution in [0.1, 0.15) is 12.5 Å². The maximum Gasteiger partial charge on any atom is 0.0994 e. The fraction of sp³-hybridized carbons (Fsp3) is 0.100. The Morgan fingerprint density at radius 3 is 2.45 bits per heavy atom. The lowest BCUT2D eigenvalue weighted by Crippen LogP contribution is -1.77. The van der Waals surface area contributed by atoms with Gasteiger partial charge in [-0.05, 0) is 12.5 Å². The number of allylic oxidation sites excluding steroid dienone is 2. The first-order valence-corrected chi connectivity index (χ1v) is 3.50. The third-order valence-corrected chi connectivity index (χ3v) is 1.49. The zero-order chi connectivity index (χ0) is 8.10. The van der Waals surface area contributed by atoms with Gasteiger partial charge in [0.25, 0.3) is 0 Å². The first kappa shape index (κ1) is 7.56.